The molecule has 112 valence electrons. The van der Waals surface area contributed by atoms with Crippen LogP contribution >= 0.6 is 11.6 Å². The van der Waals surface area contributed by atoms with E-state index in [9.17, 15) is 4.39 Å². The highest BCUT2D eigenvalue weighted by Gasteiger charge is 2.11. The first-order valence-electron chi connectivity index (χ1n) is 6.45. The van der Waals surface area contributed by atoms with E-state index in [1.165, 1.54) is 25.3 Å². The Balaban J connectivity index is 2.21. The molecule has 5 heteroatoms. The van der Waals surface area contributed by atoms with Crippen molar-refractivity contribution >= 4 is 17.7 Å². The van der Waals surface area contributed by atoms with Crippen LogP contribution in [0, 0.1) is 17.1 Å². The minimum atomic E-state index is -0.298. The Morgan fingerprint density at radius 2 is 2.00 bits per heavy atom. The molecule has 22 heavy (non-hydrogen) atoms. The molecule has 0 unspecified atom stereocenters. The fourth-order valence-electron chi connectivity index (χ4n) is 1.85. The van der Waals surface area contributed by atoms with E-state index in [2.05, 4.69) is 0 Å². The smallest absolute Gasteiger partial charge is 0.180 e. The van der Waals surface area contributed by atoms with Crippen LogP contribution in [0.1, 0.15) is 11.1 Å². The van der Waals surface area contributed by atoms with Crippen molar-refractivity contribution in [1.29, 1.82) is 5.26 Å². The van der Waals surface area contributed by atoms with Crippen LogP contribution in [0.2, 0.25) is 5.02 Å². The van der Waals surface area contributed by atoms with Gasteiger partial charge in [-0.3, -0.25) is 0 Å². The zero-order chi connectivity index (χ0) is 15.9. The highest BCUT2D eigenvalue weighted by Crippen LogP contribution is 2.37. The molecule has 0 aromatic heterocycles. The maximum absolute atomic E-state index is 12.9. The predicted octanol–water partition coefficient (Wildman–Crippen LogP) is 4.60. The molecule has 0 aliphatic rings. The van der Waals surface area contributed by atoms with Crippen molar-refractivity contribution in [2.75, 3.05) is 7.11 Å². The standard InChI is InChI=1S/C17H13ClFNO2/c1-21-16-10-13(3-2-8-20)9-15(18)17(16)22-11-12-4-6-14(19)7-5-12/h2-7,9-10H,11H2,1H3. The summed E-state index contributed by atoms with van der Waals surface area (Å²) in [5, 5.41) is 8.93. The van der Waals surface area contributed by atoms with E-state index in [0.29, 0.717) is 16.5 Å². The maximum atomic E-state index is 12.9. The quantitative estimate of drug-likeness (QED) is 0.757. The number of halogens is 2. The molecule has 0 aliphatic heterocycles. The summed E-state index contributed by atoms with van der Waals surface area (Å²) in [4.78, 5) is 0. The molecule has 0 fully saturated rings. The SMILES string of the molecule is COc1cc(C=CC#N)cc(Cl)c1OCc1ccc(F)cc1. The lowest BCUT2D eigenvalue weighted by Gasteiger charge is -2.13. The van der Waals surface area contributed by atoms with E-state index >= 15 is 0 Å². The van der Waals surface area contributed by atoms with Crippen molar-refractivity contribution in [2.24, 2.45) is 0 Å². The molecule has 0 N–H and O–H groups in total. The third-order valence-corrected chi connectivity index (χ3v) is 3.18. The van der Waals surface area contributed by atoms with Gasteiger partial charge in [0, 0.05) is 6.08 Å². The van der Waals surface area contributed by atoms with E-state index in [4.69, 9.17) is 26.3 Å². The van der Waals surface area contributed by atoms with Crippen molar-refractivity contribution < 1.29 is 13.9 Å². The molecular weight excluding hydrogens is 305 g/mol. The number of benzene rings is 2. The largest absolute Gasteiger partial charge is 0.493 e. The summed E-state index contributed by atoms with van der Waals surface area (Å²) >= 11 is 6.20. The average Bonchev–Trinajstić information content (AvgIpc) is 2.53. The molecule has 2 aromatic rings. The molecular formula is C17H13ClFNO2. The highest BCUT2D eigenvalue weighted by molar-refractivity contribution is 6.32. The van der Waals surface area contributed by atoms with E-state index in [1.807, 2.05) is 6.07 Å². The van der Waals surface area contributed by atoms with Crippen LogP contribution in [0.4, 0.5) is 4.39 Å². The van der Waals surface area contributed by atoms with Crippen LogP contribution in [0.25, 0.3) is 6.08 Å². The minimum absolute atomic E-state index is 0.240. The van der Waals surface area contributed by atoms with Gasteiger partial charge in [-0.15, -0.1) is 0 Å². The zero-order valence-corrected chi connectivity index (χ0v) is 12.6. The Kier molecular flexibility index (Phi) is 5.40. The van der Waals surface area contributed by atoms with Gasteiger partial charge in [-0.2, -0.15) is 5.26 Å². The van der Waals surface area contributed by atoms with E-state index in [-0.39, 0.29) is 12.4 Å². The van der Waals surface area contributed by atoms with Gasteiger partial charge in [-0.25, -0.2) is 4.39 Å². The Bertz CT molecular complexity index is 721. The van der Waals surface area contributed by atoms with Crippen molar-refractivity contribution in [3.05, 3.63) is 64.4 Å². The molecule has 2 aromatic carbocycles. The second-order valence-electron chi connectivity index (χ2n) is 4.41. The molecule has 0 atom stereocenters. The van der Waals surface area contributed by atoms with E-state index in [0.717, 1.165) is 11.1 Å². The zero-order valence-electron chi connectivity index (χ0n) is 11.8. The number of allylic oxidation sites excluding steroid dienone is 1. The maximum Gasteiger partial charge on any atom is 0.180 e. The second-order valence-corrected chi connectivity index (χ2v) is 4.82. The van der Waals surface area contributed by atoms with E-state index < -0.39 is 0 Å². The third-order valence-electron chi connectivity index (χ3n) is 2.90. The third kappa shape index (κ3) is 4.00. The summed E-state index contributed by atoms with van der Waals surface area (Å²) in [5.74, 6) is 0.572. The van der Waals surface area contributed by atoms with Crippen molar-refractivity contribution in [3.8, 4) is 17.6 Å². The molecule has 2 rings (SSSR count). The summed E-state index contributed by atoms with van der Waals surface area (Å²) in [6, 6.07) is 11.3. The van der Waals surface area contributed by atoms with Crippen LogP contribution in [-0.2, 0) is 6.61 Å². The van der Waals surface area contributed by atoms with Crippen LogP contribution in [-0.4, -0.2) is 7.11 Å². The predicted molar refractivity (Wildman–Crippen MR) is 83.4 cm³/mol. The summed E-state index contributed by atoms with van der Waals surface area (Å²) in [6.45, 7) is 0.240. The van der Waals surface area contributed by atoms with Gasteiger partial charge < -0.3 is 9.47 Å². The number of hydrogen-bond acceptors (Lipinski definition) is 3. The number of rotatable bonds is 5. The Morgan fingerprint density at radius 1 is 1.27 bits per heavy atom. The number of nitriles is 1. The number of methoxy groups -OCH3 is 1. The number of hydrogen-bond donors (Lipinski definition) is 0. The first-order valence-corrected chi connectivity index (χ1v) is 6.83. The minimum Gasteiger partial charge on any atom is -0.493 e. The molecule has 0 aliphatic carbocycles. The fraction of sp³-hybridized carbons (Fsp3) is 0.118. The van der Waals surface area contributed by atoms with Gasteiger partial charge in [0.15, 0.2) is 11.5 Å². The van der Waals surface area contributed by atoms with Crippen LogP contribution in [0.15, 0.2) is 42.5 Å². The summed E-state index contributed by atoms with van der Waals surface area (Å²) < 4.78 is 23.8. The average molecular weight is 318 g/mol. The lowest BCUT2D eigenvalue weighted by Crippen LogP contribution is -1.99. The monoisotopic (exact) mass is 317 g/mol. The van der Waals surface area contributed by atoms with Crippen LogP contribution in [0.3, 0.4) is 0 Å². The van der Waals surface area contributed by atoms with Gasteiger partial charge in [-0.1, -0.05) is 23.7 Å². The van der Waals surface area contributed by atoms with Gasteiger partial charge >= 0.3 is 0 Å². The summed E-state index contributed by atoms with van der Waals surface area (Å²) in [7, 11) is 1.51. The molecule has 3 nitrogen and oxygen atoms in total. The van der Waals surface area contributed by atoms with Crippen LogP contribution < -0.4 is 9.47 Å². The van der Waals surface area contributed by atoms with Crippen LogP contribution in [0.5, 0.6) is 11.5 Å². The lowest BCUT2D eigenvalue weighted by atomic mass is 10.2. The van der Waals surface area contributed by atoms with E-state index in [1.54, 1.807) is 30.3 Å². The Morgan fingerprint density at radius 3 is 2.64 bits per heavy atom. The van der Waals surface area contributed by atoms with Gasteiger partial charge in [0.2, 0.25) is 0 Å². The summed E-state index contributed by atoms with van der Waals surface area (Å²) in [6.07, 6.45) is 2.97. The topological polar surface area (TPSA) is 42.2 Å². The molecule has 0 heterocycles. The molecule has 0 saturated heterocycles. The Labute approximate surface area is 133 Å². The molecule has 0 bridgehead atoms. The molecule has 0 saturated carbocycles. The molecule has 0 spiro atoms. The number of ether oxygens (including phenoxy) is 2. The van der Waals surface area contributed by atoms with Gasteiger partial charge in [0.1, 0.15) is 12.4 Å². The first kappa shape index (κ1) is 15.9. The van der Waals surface area contributed by atoms with Crippen molar-refractivity contribution in [2.45, 2.75) is 6.61 Å². The number of nitrogens with zero attached hydrogens (tertiary/aromatic N) is 1. The molecule has 0 amide bonds. The summed E-state index contributed by atoms with van der Waals surface area (Å²) in [5.41, 5.74) is 1.55. The highest BCUT2D eigenvalue weighted by atomic mass is 35.5. The normalized spacial score (nSPS) is 10.5. The van der Waals surface area contributed by atoms with Gasteiger partial charge in [-0.05, 0) is 41.5 Å². The van der Waals surface area contributed by atoms with Crippen molar-refractivity contribution in [1.82, 2.24) is 0 Å². The molecule has 0 radical (unpaired) electrons. The van der Waals surface area contributed by atoms with Gasteiger partial charge in [0.25, 0.3) is 0 Å². The van der Waals surface area contributed by atoms with Gasteiger partial charge in [0.05, 0.1) is 18.2 Å². The fourth-order valence-corrected chi connectivity index (χ4v) is 2.12. The van der Waals surface area contributed by atoms with Crippen molar-refractivity contribution in [3.63, 3.8) is 0 Å². The second kappa shape index (κ2) is 7.48. The first-order chi connectivity index (χ1) is 10.6. The lowest BCUT2D eigenvalue weighted by molar-refractivity contribution is 0.284. The Hall–Kier alpha value is -2.51.